The molecule has 2 rings (SSSR count). The van der Waals surface area contributed by atoms with Gasteiger partial charge in [-0.2, -0.15) is 0 Å². The molecule has 0 unspecified atom stereocenters. The standard InChI is InChI=1S/C12H16F2N2O2.2ClH/c13-12(14)11(16-5-3-15-4-6-16)8-1-2-9(17)10(18)7-8;;/h1-2,7,11-12,15,17-18H,3-6H2;2*1H/t11-;;/m0../s1. The van der Waals surface area contributed by atoms with Crippen LogP contribution in [0.4, 0.5) is 8.78 Å². The summed E-state index contributed by atoms with van der Waals surface area (Å²) in [5.41, 5.74) is 0.321. The normalized spacial score (nSPS) is 17.1. The van der Waals surface area contributed by atoms with E-state index in [0.717, 1.165) is 0 Å². The number of hydrogen-bond donors (Lipinski definition) is 3. The van der Waals surface area contributed by atoms with Crippen molar-refractivity contribution in [3.8, 4) is 11.5 Å². The summed E-state index contributed by atoms with van der Waals surface area (Å²) in [7, 11) is 0. The van der Waals surface area contributed by atoms with Crippen molar-refractivity contribution >= 4 is 24.8 Å². The van der Waals surface area contributed by atoms with Crippen LogP contribution in [-0.2, 0) is 0 Å². The molecule has 1 aromatic rings. The molecule has 20 heavy (non-hydrogen) atoms. The lowest BCUT2D eigenvalue weighted by Crippen LogP contribution is -2.46. The van der Waals surface area contributed by atoms with E-state index in [4.69, 9.17) is 0 Å². The van der Waals surface area contributed by atoms with Gasteiger partial charge in [0, 0.05) is 26.2 Å². The van der Waals surface area contributed by atoms with Crippen molar-refractivity contribution in [2.75, 3.05) is 26.2 Å². The number of halogens is 4. The number of phenolic OH excluding ortho intramolecular Hbond substituents is 2. The average molecular weight is 331 g/mol. The Morgan fingerprint density at radius 3 is 2.15 bits per heavy atom. The number of hydrogen-bond acceptors (Lipinski definition) is 4. The van der Waals surface area contributed by atoms with Crippen LogP contribution in [0.25, 0.3) is 0 Å². The molecule has 0 radical (unpaired) electrons. The Morgan fingerprint density at radius 2 is 1.65 bits per heavy atom. The molecule has 0 amide bonds. The van der Waals surface area contributed by atoms with Crippen LogP contribution in [0.2, 0.25) is 0 Å². The summed E-state index contributed by atoms with van der Waals surface area (Å²) in [4.78, 5) is 1.69. The Kier molecular flexibility index (Phi) is 8.12. The SMILES string of the molecule is Cl.Cl.Oc1ccc([C@@H](C(F)F)N2CCNCC2)cc1O. The van der Waals surface area contributed by atoms with Crippen LogP contribution in [0.3, 0.4) is 0 Å². The fraction of sp³-hybridized carbons (Fsp3) is 0.500. The minimum Gasteiger partial charge on any atom is -0.504 e. The molecular weight excluding hydrogens is 313 g/mol. The highest BCUT2D eigenvalue weighted by Crippen LogP contribution is 2.33. The summed E-state index contributed by atoms with van der Waals surface area (Å²) in [5, 5.41) is 21.7. The van der Waals surface area contributed by atoms with Gasteiger partial charge in [-0.3, -0.25) is 4.90 Å². The molecule has 0 bridgehead atoms. The number of nitrogens with one attached hydrogen (secondary N) is 1. The number of alkyl halides is 2. The maximum atomic E-state index is 13.2. The van der Waals surface area contributed by atoms with Crippen molar-refractivity contribution in [3.63, 3.8) is 0 Å². The highest BCUT2D eigenvalue weighted by molar-refractivity contribution is 5.85. The first kappa shape index (κ1) is 19.2. The maximum Gasteiger partial charge on any atom is 0.258 e. The second-order valence-corrected chi connectivity index (χ2v) is 4.31. The van der Waals surface area contributed by atoms with Crippen LogP contribution >= 0.6 is 24.8 Å². The van der Waals surface area contributed by atoms with Crippen molar-refractivity contribution in [2.24, 2.45) is 0 Å². The minimum absolute atomic E-state index is 0. The number of nitrogens with zero attached hydrogens (tertiary/aromatic N) is 1. The molecule has 4 nitrogen and oxygen atoms in total. The molecule has 8 heteroatoms. The van der Waals surface area contributed by atoms with E-state index in [1.54, 1.807) is 4.90 Å². The quantitative estimate of drug-likeness (QED) is 0.743. The van der Waals surface area contributed by atoms with Gasteiger partial charge in [0.05, 0.1) is 6.04 Å². The van der Waals surface area contributed by atoms with Gasteiger partial charge in [-0.1, -0.05) is 6.07 Å². The smallest absolute Gasteiger partial charge is 0.258 e. The summed E-state index contributed by atoms with van der Waals surface area (Å²) >= 11 is 0. The molecule has 1 aliphatic rings. The van der Waals surface area contributed by atoms with Gasteiger partial charge >= 0.3 is 0 Å². The molecule has 0 aliphatic carbocycles. The van der Waals surface area contributed by atoms with E-state index in [2.05, 4.69) is 5.32 Å². The van der Waals surface area contributed by atoms with E-state index in [1.165, 1.54) is 18.2 Å². The fourth-order valence-corrected chi connectivity index (χ4v) is 2.20. The van der Waals surface area contributed by atoms with Crippen LogP contribution in [0.1, 0.15) is 11.6 Å². The fourth-order valence-electron chi connectivity index (χ4n) is 2.20. The number of aromatic hydroxyl groups is 2. The predicted octanol–water partition coefficient (Wildman–Crippen LogP) is 2.15. The van der Waals surface area contributed by atoms with Crippen LogP contribution in [-0.4, -0.2) is 47.7 Å². The van der Waals surface area contributed by atoms with E-state index < -0.39 is 12.5 Å². The van der Waals surface area contributed by atoms with Gasteiger partial charge in [-0.05, 0) is 17.7 Å². The molecule has 1 aliphatic heterocycles. The first-order valence-corrected chi connectivity index (χ1v) is 5.84. The Hall–Kier alpha value is -0.820. The highest BCUT2D eigenvalue weighted by atomic mass is 35.5. The molecule has 0 spiro atoms. The maximum absolute atomic E-state index is 13.2. The topological polar surface area (TPSA) is 55.7 Å². The summed E-state index contributed by atoms with van der Waals surface area (Å²) in [6.45, 7) is 2.42. The summed E-state index contributed by atoms with van der Waals surface area (Å²) in [6.07, 6.45) is -2.54. The van der Waals surface area contributed by atoms with Gasteiger partial charge in [0.1, 0.15) is 0 Å². The lowest BCUT2D eigenvalue weighted by Gasteiger charge is -2.34. The van der Waals surface area contributed by atoms with Crippen molar-refractivity contribution in [3.05, 3.63) is 23.8 Å². The van der Waals surface area contributed by atoms with Gasteiger partial charge < -0.3 is 15.5 Å². The molecule has 116 valence electrons. The first-order chi connectivity index (χ1) is 8.59. The van der Waals surface area contributed by atoms with Crippen molar-refractivity contribution in [1.29, 1.82) is 0 Å². The predicted molar refractivity (Wildman–Crippen MR) is 77.5 cm³/mol. The average Bonchev–Trinajstić information content (AvgIpc) is 2.35. The van der Waals surface area contributed by atoms with Gasteiger partial charge in [0.2, 0.25) is 0 Å². The molecule has 1 heterocycles. The Bertz CT molecular complexity index is 418. The number of rotatable bonds is 3. The lowest BCUT2D eigenvalue weighted by atomic mass is 10.0. The molecule has 1 fully saturated rings. The van der Waals surface area contributed by atoms with Crippen molar-refractivity contribution in [1.82, 2.24) is 10.2 Å². The van der Waals surface area contributed by atoms with E-state index in [1.807, 2.05) is 0 Å². The lowest BCUT2D eigenvalue weighted by molar-refractivity contribution is 0.0181. The Morgan fingerprint density at radius 1 is 1.05 bits per heavy atom. The van der Waals surface area contributed by atoms with E-state index in [-0.39, 0.29) is 36.3 Å². The minimum atomic E-state index is -2.54. The molecule has 1 saturated heterocycles. The van der Waals surface area contributed by atoms with Gasteiger partial charge in [0.15, 0.2) is 11.5 Å². The number of phenols is 2. The summed E-state index contributed by atoms with van der Waals surface area (Å²) in [5.74, 6) is -0.666. The van der Waals surface area contributed by atoms with Crippen molar-refractivity contribution in [2.45, 2.75) is 12.5 Å². The van der Waals surface area contributed by atoms with Crippen molar-refractivity contribution < 1.29 is 19.0 Å². The van der Waals surface area contributed by atoms with E-state index in [9.17, 15) is 19.0 Å². The number of piperazine rings is 1. The zero-order chi connectivity index (χ0) is 13.1. The Labute approximate surface area is 128 Å². The highest BCUT2D eigenvalue weighted by Gasteiger charge is 2.30. The molecule has 0 aromatic heterocycles. The summed E-state index contributed by atoms with van der Waals surface area (Å²) < 4.78 is 26.4. The molecular formula is C12H18Cl2F2N2O2. The summed E-state index contributed by atoms with van der Waals surface area (Å²) in [6, 6.07) is 2.82. The molecule has 1 atom stereocenters. The Balaban J connectivity index is 0.00000180. The second kappa shape index (κ2) is 8.46. The van der Waals surface area contributed by atoms with E-state index >= 15 is 0 Å². The zero-order valence-electron chi connectivity index (χ0n) is 10.6. The third kappa shape index (κ3) is 4.34. The van der Waals surface area contributed by atoms with Gasteiger partial charge in [0.25, 0.3) is 6.43 Å². The molecule has 3 N–H and O–H groups in total. The van der Waals surface area contributed by atoms with Gasteiger partial charge in [-0.15, -0.1) is 24.8 Å². The monoisotopic (exact) mass is 330 g/mol. The van der Waals surface area contributed by atoms with Crippen LogP contribution in [0, 0.1) is 0 Å². The van der Waals surface area contributed by atoms with Crippen LogP contribution in [0.15, 0.2) is 18.2 Å². The third-order valence-electron chi connectivity index (χ3n) is 3.12. The second-order valence-electron chi connectivity index (χ2n) is 4.31. The van der Waals surface area contributed by atoms with E-state index in [0.29, 0.717) is 31.7 Å². The number of benzene rings is 1. The molecule has 0 saturated carbocycles. The third-order valence-corrected chi connectivity index (χ3v) is 3.12. The largest absolute Gasteiger partial charge is 0.504 e. The van der Waals surface area contributed by atoms with Crippen LogP contribution < -0.4 is 5.32 Å². The molecule has 1 aromatic carbocycles. The van der Waals surface area contributed by atoms with Gasteiger partial charge in [-0.25, -0.2) is 8.78 Å². The first-order valence-electron chi connectivity index (χ1n) is 5.84. The van der Waals surface area contributed by atoms with Crippen LogP contribution in [0.5, 0.6) is 11.5 Å². The zero-order valence-corrected chi connectivity index (χ0v) is 12.3.